The zero-order valence-corrected chi connectivity index (χ0v) is 10.7. The zero-order valence-electron chi connectivity index (χ0n) is 10.7. The predicted molar refractivity (Wildman–Crippen MR) is 69.8 cm³/mol. The summed E-state index contributed by atoms with van der Waals surface area (Å²) in [5.74, 6) is -1.10. The Morgan fingerprint density at radius 2 is 2.16 bits per heavy atom. The van der Waals surface area contributed by atoms with Crippen LogP contribution in [-0.4, -0.2) is 23.1 Å². The van der Waals surface area contributed by atoms with E-state index >= 15 is 0 Å². The van der Waals surface area contributed by atoms with E-state index in [1.807, 2.05) is 6.07 Å². The number of hydrogen-bond acceptors (Lipinski definition) is 3. The largest absolute Gasteiger partial charge is 0.480 e. The van der Waals surface area contributed by atoms with Gasteiger partial charge in [0.25, 0.3) is 0 Å². The van der Waals surface area contributed by atoms with E-state index < -0.39 is 18.0 Å². The number of aryl methyl sites for hydroxylation is 1. The molecule has 100 valence electrons. The molecular weight excluding hydrogens is 246 g/mol. The number of aliphatic carboxylic acids is 1. The standard InChI is InChI=1S/C13H15N3O3/c1-3-10(12(17)18)15-13(19)16-11-6-4-5-8(2)9(11)7-14/h4-6,10H,3H2,1-2H3,(H,17,18)(H2,15,16,19). The highest BCUT2D eigenvalue weighted by molar-refractivity contribution is 5.93. The number of anilines is 1. The van der Waals surface area contributed by atoms with Crippen LogP contribution >= 0.6 is 0 Å². The van der Waals surface area contributed by atoms with Gasteiger partial charge >= 0.3 is 12.0 Å². The summed E-state index contributed by atoms with van der Waals surface area (Å²) in [6.07, 6.45) is 0.279. The van der Waals surface area contributed by atoms with Crippen LogP contribution < -0.4 is 10.6 Å². The van der Waals surface area contributed by atoms with E-state index in [0.29, 0.717) is 11.3 Å². The molecule has 1 rings (SSSR count). The number of nitrogens with zero attached hydrogens (tertiary/aromatic N) is 1. The number of nitriles is 1. The van der Waals surface area contributed by atoms with Gasteiger partial charge in [-0.1, -0.05) is 19.1 Å². The first-order chi connectivity index (χ1) is 8.99. The second kappa shape index (κ2) is 6.40. The van der Waals surface area contributed by atoms with Crippen molar-refractivity contribution < 1.29 is 14.7 Å². The van der Waals surface area contributed by atoms with E-state index in [1.165, 1.54) is 0 Å². The minimum absolute atomic E-state index is 0.279. The molecule has 0 aliphatic heterocycles. The molecule has 0 heterocycles. The Kier molecular flexibility index (Phi) is 4.89. The SMILES string of the molecule is CCC(NC(=O)Nc1cccc(C)c1C#N)C(=O)O. The predicted octanol–water partition coefficient (Wildman–Crippen LogP) is 1.85. The van der Waals surface area contributed by atoms with Crippen molar-refractivity contribution in [2.45, 2.75) is 26.3 Å². The third-order valence-electron chi connectivity index (χ3n) is 2.64. The summed E-state index contributed by atoms with van der Waals surface area (Å²) in [5.41, 5.74) is 1.46. The lowest BCUT2D eigenvalue weighted by molar-refractivity contribution is -0.139. The Morgan fingerprint density at radius 1 is 1.47 bits per heavy atom. The third kappa shape index (κ3) is 3.71. The van der Waals surface area contributed by atoms with Gasteiger partial charge in [-0.25, -0.2) is 9.59 Å². The number of carbonyl (C=O) groups excluding carboxylic acids is 1. The van der Waals surface area contributed by atoms with Crippen molar-refractivity contribution >= 4 is 17.7 Å². The van der Waals surface area contributed by atoms with Crippen molar-refractivity contribution in [2.75, 3.05) is 5.32 Å². The van der Waals surface area contributed by atoms with E-state index in [9.17, 15) is 9.59 Å². The van der Waals surface area contributed by atoms with Crippen molar-refractivity contribution in [1.82, 2.24) is 5.32 Å². The number of benzene rings is 1. The minimum atomic E-state index is -1.10. The lowest BCUT2D eigenvalue weighted by atomic mass is 10.1. The maximum absolute atomic E-state index is 11.7. The average Bonchev–Trinajstić information content (AvgIpc) is 2.36. The first-order valence-corrected chi connectivity index (χ1v) is 5.79. The summed E-state index contributed by atoms with van der Waals surface area (Å²) in [6.45, 7) is 3.42. The number of amides is 2. The van der Waals surface area contributed by atoms with Gasteiger partial charge in [-0.05, 0) is 25.0 Å². The Balaban J connectivity index is 2.81. The smallest absolute Gasteiger partial charge is 0.326 e. The lowest BCUT2D eigenvalue weighted by Crippen LogP contribution is -2.42. The fourth-order valence-electron chi connectivity index (χ4n) is 1.58. The summed E-state index contributed by atoms with van der Waals surface area (Å²) < 4.78 is 0. The molecule has 6 nitrogen and oxygen atoms in total. The zero-order chi connectivity index (χ0) is 14.4. The summed E-state index contributed by atoms with van der Waals surface area (Å²) in [7, 11) is 0. The molecule has 0 saturated heterocycles. The van der Waals surface area contributed by atoms with Gasteiger partial charge in [0.05, 0.1) is 11.3 Å². The number of urea groups is 1. The van der Waals surface area contributed by atoms with Crippen LogP contribution in [0, 0.1) is 18.3 Å². The number of carboxylic acid groups (broad SMARTS) is 1. The molecule has 0 aliphatic carbocycles. The molecule has 0 aliphatic rings. The van der Waals surface area contributed by atoms with Crippen molar-refractivity contribution in [2.24, 2.45) is 0 Å². The van der Waals surface area contributed by atoms with Gasteiger partial charge in [0.15, 0.2) is 0 Å². The van der Waals surface area contributed by atoms with E-state index in [0.717, 1.165) is 5.56 Å². The van der Waals surface area contributed by atoms with E-state index in [2.05, 4.69) is 10.6 Å². The van der Waals surface area contributed by atoms with Gasteiger partial charge in [0.2, 0.25) is 0 Å². The van der Waals surface area contributed by atoms with Crippen molar-refractivity contribution in [3.05, 3.63) is 29.3 Å². The Morgan fingerprint density at radius 3 is 2.68 bits per heavy atom. The van der Waals surface area contributed by atoms with Crippen LogP contribution in [0.1, 0.15) is 24.5 Å². The lowest BCUT2D eigenvalue weighted by Gasteiger charge is -2.14. The molecule has 0 aromatic heterocycles. The maximum atomic E-state index is 11.7. The highest BCUT2D eigenvalue weighted by Gasteiger charge is 2.18. The quantitative estimate of drug-likeness (QED) is 0.769. The van der Waals surface area contributed by atoms with Crippen molar-refractivity contribution in [3.8, 4) is 6.07 Å². The molecule has 0 saturated carbocycles. The van der Waals surface area contributed by atoms with Crippen molar-refractivity contribution in [1.29, 1.82) is 5.26 Å². The van der Waals surface area contributed by atoms with Crippen LogP contribution in [0.3, 0.4) is 0 Å². The summed E-state index contributed by atoms with van der Waals surface area (Å²) in [4.78, 5) is 22.5. The normalized spacial score (nSPS) is 11.2. The second-order valence-electron chi connectivity index (χ2n) is 4.01. The number of nitrogens with one attached hydrogen (secondary N) is 2. The molecule has 6 heteroatoms. The number of hydrogen-bond donors (Lipinski definition) is 3. The maximum Gasteiger partial charge on any atom is 0.326 e. The van der Waals surface area contributed by atoms with Crippen LogP contribution in [0.4, 0.5) is 10.5 Å². The van der Waals surface area contributed by atoms with E-state index in [-0.39, 0.29) is 6.42 Å². The highest BCUT2D eigenvalue weighted by Crippen LogP contribution is 2.18. The van der Waals surface area contributed by atoms with E-state index in [1.54, 1.807) is 32.0 Å². The first-order valence-electron chi connectivity index (χ1n) is 5.79. The van der Waals surface area contributed by atoms with Gasteiger partial charge in [-0.3, -0.25) is 0 Å². The minimum Gasteiger partial charge on any atom is -0.480 e. The molecule has 3 N–H and O–H groups in total. The van der Waals surface area contributed by atoms with Crippen LogP contribution in [0.25, 0.3) is 0 Å². The Labute approximate surface area is 111 Å². The third-order valence-corrected chi connectivity index (χ3v) is 2.64. The molecule has 1 aromatic rings. The molecule has 0 spiro atoms. The summed E-state index contributed by atoms with van der Waals surface area (Å²) in [6, 6.07) is 5.47. The molecule has 1 unspecified atom stereocenters. The monoisotopic (exact) mass is 261 g/mol. The second-order valence-corrected chi connectivity index (χ2v) is 4.01. The number of carboxylic acids is 1. The molecule has 1 aromatic carbocycles. The van der Waals surface area contributed by atoms with Gasteiger partial charge in [-0.15, -0.1) is 0 Å². The van der Waals surface area contributed by atoms with E-state index in [4.69, 9.17) is 10.4 Å². The fourth-order valence-corrected chi connectivity index (χ4v) is 1.58. The first kappa shape index (κ1) is 14.5. The topological polar surface area (TPSA) is 102 Å². The highest BCUT2D eigenvalue weighted by atomic mass is 16.4. The number of carbonyl (C=O) groups is 2. The summed E-state index contributed by atoms with van der Waals surface area (Å²) >= 11 is 0. The van der Waals surface area contributed by atoms with Crippen LogP contribution in [0.2, 0.25) is 0 Å². The molecule has 0 radical (unpaired) electrons. The van der Waals surface area contributed by atoms with Crippen LogP contribution in [-0.2, 0) is 4.79 Å². The van der Waals surface area contributed by atoms with Gasteiger partial charge in [-0.2, -0.15) is 5.26 Å². The van der Waals surface area contributed by atoms with Gasteiger partial charge in [0, 0.05) is 0 Å². The molecule has 19 heavy (non-hydrogen) atoms. The fraction of sp³-hybridized carbons (Fsp3) is 0.308. The van der Waals surface area contributed by atoms with Gasteiger partial charge < -0.3 is 15.7 Å². The molecule has 1 atom stereocenters. The summed E-state index contributed by atoms with van der Waals surface area (Å²) in [5, 5.41) is 22.7. The van der Waals surface area contributed by atoms with Crippen molar-refractivity contribution in [3.63, 3.8) is 0 Å². The Hall–Kier alpha value is -2.55. The molecule has 2 amide bonds. The van der Waals surface area contributed by atoms with Crippen LogP contribution in [0.15, 0.2) is 18.2 Å². The number of rotatable bonds is 4. The molecular formula is C13H15N3O3. The Bertz CT molecular complexity index is 534. The van der Waals surface area contributed by atoms with Gasteiger partial charge in [0.1, 0.15) is 12.1 Å². The van der Waals surface area contributed by atoms with Crippen LogP contribution in [0.5, 0.6) is 0 Å². The molecule has 0 fully saturated rings. The molecule has 0 bridgehead atoms. The average molecular weight is 261 g/mol.